The van der Waals surface area contributed by atoms with Gasteiger partial charge in [0.05, 0.1) is 35.7 Å². The van der Waals surface area contributed by atoms with Crippen molar-refractivity contribution in [3.8, 4) is 24.2 Å². The number of nitrogens with one attached hydrogen (secondary N) is 3. The van der Waals surface area contributed by atoms with E-state index in [1.54, 1.807) is 18.2 Å². The largest absolute Gasteiger partial charge is 0.486 e. The molecule has 1 fully saturated rings. The second-order valence-electron chi connectivity index (χ2n) is 10.0. The summed E-state index contributed by atoms with van der Waals surface area (Å²) in [7, 11) is 0. The number of pyridine rings is 1. The zero-order valence-corrected chi connectivity index (χ0v) is 21.8. The Morgan fingerprint density at radius 3 is 2.87 bits per heavy atom. The highest BCUT2D eigenvalue weighted by Gasteiger charge is 2.21. The van der Waals surface area contributed by atoms with E-state index in [4.69, 9.17) is 15.9 Å². The zero-order valence-electron chi connectivity index (χ0n) is 21.8. The summed E-state index contributed by atoms with van der Waals surface area (Å²) >= 11 is 0. The lowest BCUT2D eigenvalue weighted by atomic mass is 10.1. The van der Waals surface area contributed by atoms with Crippen LogP contribution in [0, 0.1) is 23.7 Å². The Hall–Kier alpha value is -4.37. The Morgan fingerprint density at radius 1 is 1.32 bits per heavy atom. The second kappa shape index (κ2) is 11.8. The van der Waals surface area contributed by atoms with Crippen molar-refractivity contribution in [2.75, 3.05) is 30.4 Å². The topological polar surface area (TPSA) is 108 Å². The monoisotopic (exact) mass is 509 g/mol. The molecular formula is C30H31N5O3. The minimum absolute atomic E-state index is 0.0574. The molecule has 4 rings (SSSR count). The van der Waals surface area contributed by atoms with Gasteiger partial charge in [-0.3, -0.25) is 9.78 Å². The first kappa shape index (κ1) is 26.7. The summed E-state index contributed by atoms with van der Waals surface area (Å²) in [5.74, 6) is 2.81. The van der Waals surface area contributed by atoms with Crippen molar-refractivity contribution in [2.24, 2.45) is 0 Å². The number of nitriles is 1. The van der Waals surface area contributed by atoms with Crippen LogP contribution in [0.1, 0.15) is 38.3 Å². The number of terminal acetylenes is 1. The number of anilines is 3. The van der Waals surface area contributed by atoms with Crippen molar-refractivity contribution >= 4 is 33.9 Å². The molecule has 1 aliphatic heterocycles. The van der Waals surface area contributed by atoms with Gasteiger partial charge in [0.15, 0.2) is 0 Å². The number of nitrogens with zero attached hydrogens (tertiary/aromatic N) is 2. The number of aromatic nitrogens is 1. The van der Waals surface area contributed by atoms with Crippen LogP contribution < -0.4 is 20.7 Å². The van der Waals surface area contributed by atoms with E-state index < -0.39 is 0 Å². The molecular weight excluding hydrogens is 478 g/mol. The van der Waals surface area contributed by atoms with Crippen LogP contribution in [0.2, 0.25) is 0 Å². The second-order valence-corrected chi connectivity index (χ2v) is 10.0. The summed E-state index contributed by atoms with van der Waals surface area (Å²) in [6.45, 7) is 7.83. The molecule has 8 heteroatoms. The smallest absolute Gasteiger partial charge is 0.248 e. The van der Waals surface area contributed by atoms with E-state index in [0.717, 1.165) is 12.1 Å². The molecule has 3 aromatic rings. The molecule has 1 saturated heterocycles. The molecule has 3 N–H and O–H groups in total. The van der Waals surface area contributed by atoms with Crippen molar-refractivity contribution in [3.63, 3.8) is 0 Å². The molecule has 2 heterocycles. The van der Waals surface area contributed by atoms with Gasteiger partial charge in [-0.2, -0.15) is 5.26 Å². The van der Waals surface area contributed by atoms with Crippen molar-refractivity contribution in [1.29, 1.82) is 5.26 Å². The van der Waals surface area contributed by atoms with Gasteiger partial charge in [0, 0.05) is 53.5 Å². The molecule has 0 radical (unpaired) electrons. The molecule has 0 saturated carbocycles. The predicted molar refractivity (Wildman–Crippen MR) is 149 cm³/mol. The quantitative estimate of drug-likeness (QED) is 0.293. The van der Waals surface area contributed by atoms with E-state index in [2.05, 4.69) is 53.7 Å². The third kappa shape index (κ3) is 6.89. The number of amides is 1. The number of hydrogen-bond acceptors (Lipinski definition) is 7. The zero-order chi connectivity index (χ0) is 27.1. The molecule has 1 atom stereocenters. The van der Waals surface area contributed by atoms with Crippen molar-refractivity contribution in [3.05, 3.63) is 65.9 Å². The number of hydrogen-bond donors (Lipinski definition) is 3. The van der Waals surface area contributed by atoms with Gasteiger partial charge in [0.2, 0.25) is 5.91 Å². The van der Waals surface area contributed by atoms with Gasteiger partial charge in [0.25, 0.3) is 0 Å². The maximum Gasteiger partial charge on any atom is 0.248 e. The Balaban J connectivity index is 1.71. The first-order valence-corrected chi connectivity index (χ1v) is 12.4. The summed E-state index contributed by atoms with van der Waals surface area (Å²) in [4.78, 5) is 17.3. The number of carbonyl (C=O) groups excluding carboxylic acids is 1. The molecule has 0 bridgehead atoms. The van der Waals surface area contributed by atoms with Crippen LogP contribution in [-0.4, -0.2) is 42.3 Å². The van der Waals surface area contributed by atoms with E-state index in [-0.39, 0.29) is 17.6 Å². The van der Waals surface area contributed by atoms with Crippen LogP contribution >= 0.6 is 0 Å². The van der Waals surface area contributed by atoms with Crippen LogP contribution in [0.25, 0.3) is 10.9 Å². The average molecular weight is 510 g/mol. The van der Waals surface area contributed by atoms with Gasteiger partial charge in [-0.1, -0.05) is 18.1 Å². The first-order chi connectivity index (χ1) is 18.3. The third-order valence-electron chi connectivity index (χ3n) is 5.85. The standard InChI is InChI=1S/C30H31N5O3/c1-5-20-8-6-9-22(14-20)34-29-21(17-31)18-32-25-16-27(38-23-11-13-37-19-23)26(15-24(25)29)35-28(36)10-7-12-33-30(2,3)4/h1,6-10,14-16,18,23,33H,11-13,19H2,2-4H3,(H,32,34)(H,35,36)/b10-7+. The van der Waals surface area contributed by atoms with Gasteiger partial charge in [0.1, 0.15) is 17.9 Å². The Morgan fingerprint density at radius 2 is 2.16 bits per heavy atom. The van der Waals surface area contributed by atoms with Crippen LogP contribution in [0.15, 0.2) is 54.7 Å². The number of benzene rings is 2. The Labute approximate surface area is 223 Å². The lowest BCUT2D eigenvalue weighted by molar-refractivity contribution is -0.111. The molecule has 1 amide bonds. The summed E-state index contributed by atoms with van der Waals surface area (Å²) in [6.07, 6.45) is 11.0. The van der Waals surface area contributed by atoms with Gasteiger partial charge >= 0.3 is 0 Å². The van der Waals surface area contributed by atoms with Crippen molar-refractivity contribution in [2.45, 2.75) is 38.8 Å². The SMILES string of the molecule is C#Cc1cccc(Nc2c(C#N)cnc3cc(OC4CCOC4)c(NC(=O)/C=C/CNC(C)(C)C)cc23)c1. The summed E-state index contributed by atoms with van der Waals surface area (Å²) in [5, 5.41) is 20.0. The van der Waals surface area contributed by atoms with Crippen LogP contribution in [0.5, 0.6) is 5.75 Å². The Kier molecular flexibility index (Phi) is 8.28. The number of carbonyl (C=O) groups is 1. The molecule has 8 nitrogen and oxygen atoms in total. The van der Waals surface area contributed by atoms with Crippen LogP contribution in [0.4, 0.5) is 17.1 Å². The van der Waals surface area contributed by atoms with Crippen LogP contribution in [0.3, 0.4) is 0 Å². The fourth-order valence-corrected chi connectivity index (χ4v) is 3.96. The van der Waals surface area contributed by atoms with Gasteiger partial charge in [-0.15, -0.1) is 6.42 Å². The molecule has 2 aromatic carbocycles. The fraction of sp³-hybridized carbons (Fsp3) is 0.300. The minimum Gasteiger partial charge on any atom is -0.486 e. The highest BCUT2D eigenvalue weighted by atomic mass is 16.5. The number of rotatable bonds is 8. The maximum atomic E-state index is 12.8. The molecule has 0 aliphatic carbocycles. The molecule has 38 heavy (non-hydrogen) atoms. The minimum atomic E-state index is -0.298. The van der Waals surface area contributed by atoms with Gasteiger partial charge < -0.3 is 25.4 Å². The lowest BCUT2D eigenvalue weighted by Crippen LogP contribution is -2.35. The summed E-state index contributed by atoms with van der Waals surface area (Å²) in [6, 6.07) is 13.1. The average Bonchev–Trinajstić information content (AvgIpc) is 3.40. The molecule has 194 valence electrons. The highest BCUT2D eigenvalue weighted by molar-refractivity contribution is 6.04. The van der Waals surface area contributed by atoms with Crippen LogP contribution in [-0.2, 0) is 9.53 Å². The van der Waals surface area contributed by atoms with E-state index in [9.17, 15) is 10.1 Å². The normalized spacial score (nSPS) is 15.2. The first-order valence-electron chi connectivity index (χ1n) is 12.4. The number of ether oxygens (including phenoxy) is 2. The molecule has 1 unspecified atom stereocenters. The maximum absolute atomic E-state index is 12.8. The number of fused-ring (bicyclic) bond motifs is 1. The lowest BCUT2D eigenvalue weighted by Gasteiger charge is -2.19. The van der Waals surface area contributed by atoms with E-state index in [1.807, 2.05) is 24.3 Å². The third-order valence-corrected chi connectivity index (χ3v) is 5.85. The summed E-state index contributed by atoms with van der Waals surface area (Å²) < 4.78 is 11.7. The van der Waals surface area contributed by atoms with Crippen molar-refractivity contribution < 1.29 is 14.3 Å². The molecule has 1 aliphatic rings. The Bertz CT molecular complexity index is 1440. The van der Waals surface area contributed by atoms with E-state index in [0.29, 0.717) is 58.9 Å². The highest BCUT2D eigenvalue weighted by Crippen LogP contribution is 2.37. The predicted octanol–water partition coefficient (Wildman–Crippen LogP) is 4.88. The fourth-order valence-electron chi connectivity index (χ4n) is 3.96. The summed E-state index contributed by atoms with van der Waals surface area (Å²) in [5.41, 5.74) is 3.37. The molecule has 0 spiro atoms. The van der Waals surface area contributed by atoms with E-state index >= 15 is 0 Å². The van der Waals surface area contributed by atoms with Gasteiger partial charge in [-0.05, 0) is 45.0 Å². The molecule has 1 aromatic heterocycles. The van der Waals surface area contributed by atoms with E-state index in [1.165, 1.54) is 12.3 Å². The van der Waals surface area contributed by atoms with Crippen molar-refractivity contribution in [1.82, 2.24) is 10.3 Å². The van der Waals surface area contributed by atoms with Gasteiger partial charge in [-0.25, -0.2) is 0 Å².